The number of nitrogens with two attached hydrogens (primary N) is 1. The van der Waals surface area contributed by atoms with Crippen LogP contribution in [0.3, 0.4) is 0 Å². The molecule has 258 valence electrons. The molecule has 10 nitrogen and oxygen atoms in total. The average molecular weight is 670 g/mol. The second-order valence-corrected chi connectivity index (χ2v) is 12.9. The highest BCUT2D eigenvalue weighted by molar-refractivity contribution is 6.14. The Morgan fingerprint density at radius 2 is 1.02 bits per heavy atom. The summed E-state index contributed by atoms with van der Waals surface area (Å²) in [5, 5.41) is 75.0. The summed E-state index contributed by atoms with van der Waals surface area (Å²) in [4.78, 5) is 24.0. The Labute approximate surface area is 284 Å². The number of phenolic OH excluding ortho intramolecular Hbond substituents is 6. The molecule has 0 spiro atoms. The Morgan fingerprint density at radius 1 is 0.633 bits per heavy atom. The van der Waals surface area contributed by atoms with Gasteiger partial charge in [0.1, 0.15) is 11.5 Å². The third kappa shape index (κ3) is 6.45. The van der Waals surface area contributed by atoms with Crippen molar-refractivity contribution in [1.82, 2.24) is 0 Å². The lowest BCUT2D eigenvalue weighted by Gasteiger charge is -2.23. The van der Waals surface area contributed by atoms with Gasteiger partial charge in [0.15, 0.2) is 35.6 Å². The minimum absolute atomic E-state index is 0.00512. The van der Waals surface area contributed by atoms with E-state index in [0.717, 1.165) is 6.42 Å². The maximum absolute atomic E-state index is 12.0. The number of carbonyl (C=O) groups excluding carboxylic acids is 2. The van der Waals surface area contributed by atoms with E-state index < -0.39 is 34.5 Å². The zero-order valence-electron chi connectivity index (χ0n) is 28.4. The summed E-state index contributed by atoms with van der Waals surface area (Å²) in [5.41, 5.74) is 8.06. The minimum Gasteiger partial charge on any atom is -0.507 e. The molecule has 0 fully saturated rings. The van der Waals surface area contributed by atoms with Crippen LogP contribution in [0.2, 0.25) is 0 Å². The molecule has 0 heterocycles. The summed E-state index contributed by atoms with van der Waals surface area (Å²) < 4.78 is 0. The fourth-order valence-corrected chi connectivity index (χ4v) is 6.58. The van der Waals surface area contributed by atoms with E-state index in [1.165, 1.54) is 5.56 Å². The highest BCUT2D eigenvalue weighted by atomic mass is 16.3. The number of aromatic hydroxyl groups is 6. The molecule has 5 rings (SSSR count). The molecule has 0 unspecified atom stereocenters. The number of hydrogen-bond acceptors (Lipinski definition) is 10. The van der Waals surface area contributed by atoms with E-state index in [4.69, 9.17) is 10.8 Å². The molecule has 0 aliphatic carbocycles. The van der Waals surface area contributed by atoms with Crippen LogP contribution in [0.1, 0.15) is 88.1 Å². The molecule has 0 aromatic heterocycles. The van der Waals surface area contributed by atoms with Crippen molar-refractivity contribution >= 4 is 34.1 Å². The smallest absolute Gasteiger partial charge is 0.169 e. The van der Waals surface area contributed by atoms with E-state index >= 15 is 0 Å². The van der Waals surface area contributed by atoms with E-state index in [1.807, 2.05) is 30.3 Å². The number of aliphatic hydroxyl groups excluding tert-OH is 1. The van der Waals surface area contributed by atoms with Crippen LogP contribution in [0.15, 0.2) is 42.5 Å². The predicted molar refractivity (Wildman–Crippen MR) is 191 cm³/mol. The fraction of sp³-hybridized carbons (Fsp3) is 0.282. The first kappa shape index (κ1) is 36.5. The van der Waals surface area contributed by atoms with E-state index in [2.05, 4.69) is 0 Å². The van der Waals surface area contributed by atoms with Gasteiger partial charge in [-0.1, -0.05) is 70.2 Å². The van der Waals surface area contributed by atoms with Crippen molar-refractivity contribution in [3.05, 3.63) is 81.4 Å². The summed E-state index contributed by atoms with van der Waals surface area (Å²) >= 11 is 0. The molecule has 0 radical (unpaired) electrons. The first-order valence-corrected chi connectivity index (χ1v) is 15.9. The number of fused-ring (bicyclic) bond motifs is 2. The lowest BCUT2D eigenvalue weighted by Crippen LogP contribution is -2.26. The second kappa shape index (κ2) is 14.4. The molecule has 0 saturated carbocycles. The lowest BCUT2D eigenvalue weighted by atomic mass is 9.83. The molecule has 0 bridgehead atoms. The number of benzene rings is 5. The molecular formula is C39H43NO9. The Kier molecular flexibility index (Phi) is 10.8. The molecule has 9 N–H and O–H groups in total. The van der Waals surface area contributed by atoms with Crippen molar-refractivity contribution in [1.29, 1.82) is 0 Å². The number of hydrogen-bond donors (Lipinski definition) is 8. The van der Waals surface area contributed by atoms with Crippen LogP contribution in [-0.4, -0.2) is 61.0 Å². The Hall–Kier alpha value is -5.32. The summed E-state index contributed by atoms with van der Waals surface area (Å²) in [6, 6.07) is 13.1. The monoisotopic (exact) mass is 669 g/mol. The molecule has 0 aliphatic rings. The van der Waals surface area contributed by atoms with E-state index in [1.54, 1.807) is 53.7 Å². The van der Waals surface area contributed by atoms with Crippen molar-refractivity contribution in [3.8, 4) is 45.6 Å². The lowest BCUT2D eigenvalue weighted by molar-refractivity contribution is 0.111. The van der Waals surface area contributed by atoms with E-state index in [0.29, 0.717) is 45.6 Å². The molecule has 0 saturated heterocycles. The van der Waals surface area contributed by atoms with E-state index in [9.17, 15) is 40.2 Å². The van der Waals surface area contributed by atoms with Crippen molar-refractivity contribution in [3.63, 3.8) is 0 Å². The van der Waals surface area contributed by atoms with Crippen molar-refractivity contribution in [2.24, 2.45) is 5.73 Å². The van der Waals surface area contributed by atoms with Crippen molar-refractivity contribution < 1.29 is 45.3 Å². The third-order valence-electron chi connectivity index (χ3n) is 8.80. The van der Waals surface area contributed by atoms with Crippen LogP contribution < -0.4 is 5.73 Å². The standard InChI is InChI=1S/C30H30O8.C9H13NO/c1-11(2)19-15-7-13(5)21(27(35)23(15)17(9-31)25(33)29(19)37)22-14(6)8-16-20(12(3)4)30(38)26(34)18(10-32)24(16)28(22)36;10-9(7-11)6-8-4-2-1-3-5-8/h7-12,33-38H,1-6H3;1-5,9,11H,6-7,10H2/t;9-/m.0/s1. The number of rotatable bonds is 8. The maximum Gasteiger partial charge on any atom is 0.169 e. The van der Waals surface area contributed by atoms with Crippen LogP contribution in [-0.2, 0) is 6.42 Å². The Morgan fingerprint density at radius 3 is 1.35 bits per heavy atom. The maximum atomic E-state index is 12.0. The third-order valence-corrected chi connectivity index (χ3v) is 8.80. The zero-order chi connectivity index (χ0) is 36.5. The molecule has 49 heavy (non-hydrogen) atoms. The van der Waals surface area contributed by atoms with Gasteiger partial charge in [-0.05, 0) is 59.6 Å². The number of aryl methyl sites for hydroxylation is 2. The van der Waals surface area contributed by atoms with Gasteiger partial charge < -0.3 is 41.5 Å². The Balaban J connectivity index is 0.000000418. The van der Waals surface area contributed by atoms with Gasteiger partial charge in [0.05, 0.1) is 17.7 Å². The van der Waals surface area contributed by atoms with Gasteiger partial charge in [-0.15, -0.1) is 0 Å². The predicted octanol–water partition coefficient (Wildman–Crippen LogP) is 6.93. The molecule has 0 aliphatic heterocycles. The molecule has 0 amide bonds. The van der Waals surface area contributed by atoms with Gasteiger partial charge in [0, 0.05) is 39.1 Å². The first-order valence-electron chi connectivity index (χ1n) is 15.9. The SMILES string of the molecule is Cc1cc2c(C(C)C)c(O)c(O)c(C=O)c2c(O)c1-c1c(C)cc2c(C(C)C)c(O)c(O)c(C=O)c2c1O.N[C@H](CO)Cc1ccccc1. The topological polar surface area (TPSA) is 202 Å². The minimum atomic E-state index is -0.661. The van der Waals surface area contributed by atoms with Crippen LogP contribution in [0.25, 0.3) is 32.7 Å². The van der Waals surface area contributed by atoms with Crippen LogP contribution in [0, 0.1) is 13.8 Å². The van der Waals surface area contributed by atoms with Gasteiger partial charge in [0.2, 0.25) is 0 Å². The quantitative estimate of drug-likeness (QED) is 0.0632. The molecule has 5 aromatic carbocycles. The van der Waals surface area contributed by atoms with E-state index in [-0.39, 0.29) is 57.5 Å². The Bertz CT molecular complexity index is 1940. The number of aliphatic hydroxyl groups is 1. The first-order chi connectivity index (χ1) is 23.1. The van der Waals surface area contributed by atoms with Gasteiger partial charge in [-0.3, -0.25) is 9.59 Å². The number of carbonyl (C=O) groups is 2. The normalized spacial score (nSPS) is 12.0. The average Bonchev–Trinajstić information content (AvgIpc) is 3.05. The summed E-state index contributed by atoms with van der Waals surface area (Å²) in [6.45, 7) is 10.6. The van der Waals surface area contributed by atoms with Crippen LogP contribution in [0.5, 0.6) is 34.5 Å². The number of phenols is 6. The molecule has 10 heteroatoms. The van der Waals surface area contributed by atoms with Gasteiger partial charge in [-0.2, -0.15) is 0 Å². The largest absolute Gasteiger partial charge is 0.507 e. The highest BCUT2D eigenvalue weighted by Gasteiger charge is 2.29. The van der Waals surface area contributed by atoms with Crippen molar-refractivity contribution in [2.75, 3.05) is 6.61 Å². The summed E-state index contributed by atoms with van der Waals surface area (Å²) in [6.07, 6.45) is 1.43. The highest BCUT2D eigenvalue weighted by Crippen LogP contribution is 2.54. The van der Waals surface area contributed by atoms with Gasteiger partial charge in [0.25, 0.3) is 0 Å². The number of aldehydes is 2. The molecular weight excluding hydrogens is 626 g/mol. The molecule has 5 aromatic rings. The zero-order valence-corrected chi connectivity index (χ0v) is 28.4. The fourth-order valence-electron chi connectivity index (χ4n) is 6.58. The van der Waals surface area contributed by atoms with Gasteiger partial charge >= 0.3 is 0 Å². The van der Waals surface area contributed by atoms with Crippen LogP contribution >= 0.6 is 0 Å². The second-order valence-electron chi connectivity index (χ2n) is 12.9. The summed E-state index contributed by atoms with van der Waals surface area (Å²) in [7, 11) is 0. The van der Waals surface area contributed by atoms with Gasteiger partial charge in [-0.25, -0.2) is 0 Å². The molecule has 1 atom stereocenters. The van der Waals surface area contributed by atoms with Crippen LogP contribution in [0.4, 0.5) is 0 Å². The van der Waals surface area contributed by atoms with Crippen molar-refractivity contribution in [2.45, 2.75) is 65.8 Å². The summed E-state index contributed by atoms with van der Waals surface area (Å²) in [5.74, 6) is -3.57.